The molecule has 1 aromatic carbocycles. The highest BCUT2D eigenvalue weighted by molar-refractivity contribution is 5.57. The van der Waals surface area contributed by atoms with Crippen LogP contribution >= 0.6 is 0 Å². The molecule has 2 rings (SSSR count). The molecule has 0 bridgehead atoms. The van der Waals surface area contributed by atoms with Crippen molar-refractivity contribution in [2.45, 2.75) is 47.1 Å². The van der Waals surface area contributed by atoms with E-state index in [2.05, 4.69) is 10.3 Å². The summed E-state index contributed by atoms with van der Waals surface area (Å²) in [4.78, 5) is 4.56. The van der Waals surface area contributed by atoms with Crippen LogP contribution in [0.15, 0.2) is 18.2 Å². The molecule has 5 nitrogen and oxygen atoms in total. The number of aliphatic hydroxyl groups excluding tert-OH is 1. The average Bonchev–Trinajstić information content (AvgIpc) is 2.58. The van der Waals surface area contributed by atoms with Gasteiger partial charge >= 0.3 is 0 Å². The fourth-order valence-corrected chi connectivity index (χ4v) is 2.74. The molecular formula is C20H28N2O3. The Morgan fingerprint density at radius 1 is 1.12 bits per heavy atom. The number of aryl methyl sites for hydroxylation is 3. The number of benzene rings is 1. The molecule has 25 heavy (non-hydrogen) atoms. The van der Waals surface area contributed by atoms with E-state index in [4.69, 9.17) is 9.47 Å². The van der Waals surface area contributed by atoms with Crippen molar-refractivity contribution < 1.29 is 14.6 Å². The SMILES string of the molecule is CCC(CO)Nc1cc(C)nc(Oc2c(C)cc(OC)cc2C)c1C. The van der Waals surface area contributed by atoms with Crippen molar-refractivity contribution in [3.8, 4) is 17.4 Å². The van der Waals surface area contributed by atoms with Crippen molar-refractivity contribution in [2.75, 3.05) is 19.0 Å². The summed E-state index contributed by atoms with van der Waals surface area (Å²) in [6.45, 7) is 10.0. The van der Waals surface area contributed by atoms with Crippen LogP contribution in [0, 0.1) is 27.7 Å². The first-order chi connectivity index (χ1) is 11.9. The van der Waals surface area contributed by atoms with Crippen LogP contribution in [0.2, 0.25) is 0 Å². The van der Waals surface area contributed by atoms with Gasteiger partial charge in [0.2, 0.25) is 5.88 Å². The van der Waals surface area contributed by atoms with Crippen molar-refractivity contribution in [1.82, 2.24) is 4.98 Å². The molecule has 0 aliphatic heterocycles. The van der Waals surface area contributed by atoms with E-state index in [0.717, 1.165) is 46.0 Å². The number of methoxy groups -OCH3 is 1. The molecule has 2 aromatic rings. The van der Waals surface area contributed by atoms with Crippen LogP contribution in [0.4, 0.5) is 5.69 Å². The standard InChI is InChI=1S/C20H28N2O3/c1-7-16(11-23)22-18-10-14(4)21-20(15(18)5)25-19-12(2)8-17(24-6)9-13(19)3/h8-10,16,23H,7,11H2,1-6H3,(H,21,22). The Bertz CT molecular complexity index is 717. The number of aromatic nitrogens is 1. The summed E-state index contributed by atoms with van der Waals surface area (Å²) in [5.74, 6) is 2.18. The Morgan fingerprint density at radius 3 is 2.28 bits per heavy atom. The van der Waals surface area contributed by atoms with Crippen LogP contribution in [0.1, 0.15) is 35.7 Å². The van der Waals surface area contributed by atoms with E-state index >= 15 is 0 Å². The normalized spacial score (nSPS) is 12.0. The number of hydrogen-bond acceptors (Lipinski definition) is 5. The van der Waals surface area contributed by atoms with Crippen molar-refractivity contribution in [1.29, 1.82) is 0 Å². The first-order valence-electron chi connectivity index (χ1n) is 8.58. The van der Waals surface area contributed by atoms with Gasteiger partial charge in [0.1, 0.15) is 11.5 Å². The van der Waals surface area contributed by atoms with Gasteiger partial charge in [0.05, 0.1) is 13.7 Å². The molecule has 0 saturated heterocycles. The van der Waals surface area contributed by atoms with Crippen LogP contribution < -0.4 is 14.8 Å². The lowest BCUT2D eigenvalue weighted by molar-refractivity contribution is 0.271. The Labute approximate surface area is 150 Å². The lowest BCUT2D eigenvalue weighted by atomic mass is 10.1. The number of pyridine rings is 1. The summed E-state index contributed by atoms with van der Waals surface area (Å²) < 4.78 is 11.5. The van der Waals surface area contributed by atoms with Gasteiger partial charge < -0.3 is 19.9 Å². The second-order valence-corrected chi connectivity index (χ2v) is 6.37. The summed E-state index contributed by atoms with van der Waals surface area (Å²) in [7, 11) is 1.66. The van der Waals surface area contributed by atoms with Gasteiger partial charge in [-0.05, 0) is 63.4 Å². The molecule has 0 saturated carbocycles. The summed E-state index contributed by atoms with van der Waals surface area (Å²) in [5.41, 5.74) is 4.71. The van der Waals surface area contributed by atoms with Gasteiger partial charge in [-0.15, -0.1) is 0 Å². The molecule has 2 N–H and O–H groups in total. The van der Waals surface area contributed by atoms with E-state index < -0.39 is 0 Å². The summed E-state index contributed by atoms with van der Waals surface area (Å²) in [6, 6.07) is 5.89. The lowest BCUT2D eigenvalue weighted by Gasteiger charge is -2.20. The Balaban J connectivity index is 2.39. The Kier molecular flexibility index (Phi) is 6.26. The molecule has 1 heterocycles. The van der Waals surface area contributed by atoms with E-state index in [-0.39, 0.29) is 12.6 Å². The predicted molar refractivity (Wildman–Crippen MR) is 101 cm³/mol. The van der Waals surface area contributed by atoms with Crippen LogP contribution in [0.5, 0.6) is 17.4 Å². The van der Waals surface area contributed by atoms with E-state index in [1.165, 1.54) is 0 Å². The number of ether oxygens (including phenoxy) is 2. The third-order valence-corrected chi connectivity index (χ3v) is 4.30. The molecular weight excluding hydrogens is 316 g/mol. The number of rotatable bonds is 7. The molecule has 1 unspecified atom stereocenters. The highest BCUT2D eigenvalue weighted by atomic mass is 16.5. The van der Waals surface area contributed by atoms with Gasteiger partial charge in [-0.3, -0.25) is 0 Å². The highest BCUT2D eigenvalue weighted by Crippen LogP contribution is 2.35. The number of nitrogens with zero attached hydrogens (tertiary/aromatic N) is 1. The topological polar surface area (TPSA) is 63.6 Å². The maximum Gasteiger partial charge on any atom is 0.224 e. The Hall–Kier alpha value is -2.27. The van der Waals surface area contributed by atoms with Gasteiger partial charge in [0.25, 0.3) is 0 Å². The molecule has 5 heteroatoms. The molecule has 0 fully saturated rings. The van der Waals surface area contributed by atoms with Gasteiger partial charge in [0, 0.05) is 23.0 Å². The van der Waals surface area contributed by atoms with Crippen LogP contribution in [-0.4, -0.2) is 29.8 Å². The molecule has 0 aliphatic carbocycles. The summed E-state index contributed by atoms with van der Waals surface area (Å²) >= 11 is 0. The van der Waals surface area contributed by atoms with Crippen molar-refractivity contribution in [2.24, 2.45) is 0 Å². The molecule has 1 atom stereocenters. The largest absolute Gasteiger partial charge is 0.497 e. The molecule has 136 valence electrons. The summed E-state index contributed by atoms with van der Waals surface area (Å²) in [6.07, 6.45) is 0.837. The van der Waals surface area contributed by atoms with Crippen molar-refractivity contribution >= 4 is 5.69 Å². The third-order valence-electron chi connectivity index (χ3n) is 4.30. The van der Waals surface area contributed by atoms with E-state index in [1.807, 2.05) is 52.8 Å². The van der Waals surface area contributed by atoms with Crippen molar-refractivity contribution in [3.63, 3.8) is 0 Å². The fraction of sp³-hybridized carbons (Fsp3) is 0.450. The number of aliphatic hydroxyl groups is 1. The molecule has 0 radical (unpaired) electrons. The second-order valence-electron chi connectivity index (χ2n) is 6.37. The lowest BCUT2D eigenvalue weighted by Crippen LogP contribution is -2.23. The summed E-state index contributed by atoms with van der Waals surface area (Å²) in [5, 5.41) is 12.8. The maximum atomic E-state index is 9.45. The van der Waals surface area contributed by atoms with Gasteiger partial charge in [-0.1, -0.05) is 6.92 Å². The first kappa shape index (κ1) is 19.1. The number of hydrogen-bond donors (Lipinski definition) is 2. The van der Waals surface area contributed by atoms with Crippen LogP contribution in [0.3, 0.4) is 0 Å². The van der Waals surface area contributed by atoms with E-state index in [0.29, 0.717) is 5.88 Å². The van der Waals surface area contributed by atoms with Gasteiger partial charge in [-0.2, -0.15) is 0 Å². The maximum absolute atomic E-state index is 9.45. The fourth-order valence-electron chi connectivity index (χ4n) is 2.74. The smallest absolute Gasteiger partial charge is 0.224 e. The molecule has 0 aliphatic rings. The van der Waals surface area contributed by atoms with Gasteiger partial charge in [-0.25, -0.2) is 4.98 Å². The van der Waals surface area contributed by atoms with Crippen LogP contribution in [-0.2, 0) is 0 Å². The minimum Gasteiger partial charge on any atom is -0.497 e. The predicted octanol–water partition coefficient (Wildman–Crippen LogP) is 4.30. The second kappa shape index (κ2) is 8.21. The quantitative estimate of drug-likeness (QED) is 0.784. The average molecular weight is 344 g/mol. The van der Waals surface area contributed by atoms with E-state index in [9.17, 15) is 5.11 Å². The zero-order chi connectivity index (χ0) is 18.6. The van der Waals surface area contributed by atoms with E-state index in [1.54, 1.807) is 7.11 Å². The van der Waals surface area contributed by atoms with Crippen molar-refractivity contribution in [3.05, 3.63) is 40.6 Å². The van der Waals surface area contributed by atoms with Gasteiger partial charge in [0.15, 0.2) is 0 Å². The van der Waals surface area contributed by atoms with Crippen LogP contribution in [0.25, 0.3) is 0 Å². The monoisotopic (exact) mass is 344 g/mol. The number of anilines is 1. The first-order valence-corrected chi connectivity index (χ1v) is 8.58. The zero-order valence-corrected chi connectivity index (χ0v) is 15.9. The Morgan fingerprint density at radius 2 is 1.76 bits per heavy atom. The highest BCUT2D eigenvalue weighted by Gasteiger charge is 2.15. The molecule has 1 aromatic heterocycles. The molecule has 0 amide bonds. The third kappa shape index (κ3) is 4.42. The molecule has 0 spiro atoms. The minimum absolute atomic E-state index is 0.0119. The zero-order valence-electron chi connectivity index (χ0n) is 15.9. The minimum atomic E-state index is 0.0119. The number of nitrogens with one attached hydrogen (secondary N) is 1.